The topological polar surface area (TPSA) is 74.6 Å². The third-order valence-corrected chi connectivity index (χ3v) is 6.49. The molecule has 1 fully saturated rings. The minimum absolute atomic E-state index is 0.123. The molecule has 2 amide bonds. The van der Waals surface area contributed by atoms with Crippen LogP contribution in [0, 0.1) is 12.8 Å². The van der Waals surface area contributed by atoms with E-state index in [9.17, 15) is 9.59 Å². The molecule has 4 rings (SSSR count). The molecule has 6 nitrogen and oxygen atoms in total. The normalized spacial score (nSPS) is 15.5. The summed E-state index contributed by atoms with van der Waals surface area (Å²) in [5.74, 6) is 0.529. The fourth-order valence-electron chi connectivity index (χ4n) is 4.25. The molecule has 1 aromatic heterocycles. The number of hydrogen-bond acceptors (Lipinski definition) is 4. The summed E-state index contributed by atoms with van der Waals surface area (Å²) in [6.45, 7) is 8.32. The second kappa shape index (κ2) is 11.1. The maximum absolute atomic E-state index is 13.2. The third kappa shape index (κ3) is 6.41. The van der Waals surface area contributed by atoms with Crippen molar-refractivity contribution in [2.45, 2.75) is 39.7 Å². The maximum Gasteiger partial charge on any atom is 0.268 e. The van der Waals surface area contributed by atoms with Crippen LogP contribution < -0.4 is 15.5 Å². The zero-order valence-corrected chi connectivity index (χ0v) is 20.6. The number of carbonyl (C=O) groups is 2. The van der Waals surface area contributed by atoms with Crippen molar-refractivity contribution in [2.75, 3.05) is 18.0 Å². The number of anilines is 1. The summed E-state index contributed by atoms with van der Waals surface area (Å²) < 4.78 is 5.38. The van der Waals surface area contributed by atoms with Gasteiger partial charge >= 0.3 is 0 Å². The van der Waals surface area contributed by atoms with Gasteiger partial charge in [0.15, 0.2) is 0 Å². The molecule has 1 saturated heterocycles. The zero-order valence-electron chi connectivity index (χ0n) is 20.6. The summed E-state index contributed by atoms with van der Waals surface area (Å²) in [7, 11) is 0. The van der Waals surface area contributed by atoms with Crippen molar-refractivity contribution in [3.8, 4) is 0 Å². The fourth-order valence-corrected chi connectivity index (χ4v) is 4.25. The second-order valence-corrected chi connectivity index (χ2v) is 9.35. The first-order valence-electron chi connectivity index (χ1n) is 12.2. The quantitative estimate of drug-likeness (QED) is 0.448. The average Bonchev–Trinajstić information content (AvgIpc) is 3.37. The van der Waals surface area contributed by atoms with Gasteiger partial charge in [-0.25, -0.2) is 0 Å². The molecule has 0 aliphatic carbocycles. The van der Waals surface area contributed by atoms with Gasteiger partial charge in [0, 0.05) is 30.4 Å². The minimum atomic E-state index is -0.385. The van der Waals surface area contributed by atoms with Crippen LogP contribution >= 0.6 is 0 Å². The van der Waals surface area contributed by atoms with Gasteiger partial charge in [0.25, 0.3) is 11.8 Å². The molecule has 2 heterocycles. The number of piperidine rings is 1. The van der Waals surface area contributed by atoms with Crippen LogP contribution in [-0.4, -0.2) is 24.9 Å². The maximum atomic E-state index is 13.2. The van der Waals surface area contributed by atoms with Gasteiger partial charge in [0.05, 0.1) is 12.3 Å². The van der Waals surface area contributed by atoms with Gasteiger partial charge in [0.1, 0.15) is 11.5 Å². The number of aryl methyl sites for hydroxylation is 1. The first-order chi connectivity index (χ1) is 16.9. The zero-order chi connectivity index (χ0) is 24.8. The molecular weight excluding hydrogens is 438 g/mol. The molecule has 1 aliphatic heterocycles. The highest BCUT2D eigenvalue weighted by molar-refractivity contribution is 6.05. The molecule has 2 aromatic carbocycles. The number of nitrogens with one attached hydrogen (secondary N) is 2. The van der Waals surface area contributed by atoms with Crippen molar-refractivity contribution in [3.05, 3.63) is 95.1 Å². The number of hydrogen-bond donors (Lipinski definition) is 2. The van der Waals surface area contributed by atoms with Crippen molar-refractivity contribution in [1.29, 1.82) is 0 Å². The van der Waals surface area contributed by atoms with Crippen molar-refractivity contribution in [3.63, 3.8) is 0 Å². The van der Waals surface area contributed by atoms with Gasteiger partial charge in [-0.15, -0.1) is 0 Å². The Labute approximate surface area is 207 Å². The molecule has 0 unspecified atom stereocenters. The first kappa shape index (κ1) is 24.3. The lowest BCUT2D eigenvalue weighted by Crippen LogP contribution is -2.36. The molecule has 182 valence electrons. The lowest BCUT2D eigenvalue weighted by atomic mass is 9.98. The van der Waals surface area contributed by atoms with Crippen molar-refractivity contribution in [2.24, 2.45) is 5.92 Å². The monoisotopic (exact) mass is 471 g/mol. The van der Waals surface area contributed by atoms with Crippen LogP contribution in [0.25, 0.3) is 6.08 Å². The van der Waals surface area contributed by atoms with Gasteiger partial charge in [-0.2, -0.15) is 0 Å². The number of benzene rings is 2. The van der Waals surface area contributed by atoms with E-state index < -0.39 is 0 Å². The average molecular weight is 472 g/mol. The van der Waals surface area contributed by atoms with Crippen molar-refractivity contribution >= 4 is 23.6 Å². The molecule has 0 saturated carbocycles. The third-order valence-electron chi connectivity index (χ3n) is 6.49. The SMILES string of the molecule is Cc1cccc(C(=O)N/C(=C\c2ccco2)C(=O)N[C@H](C)c2ccc(N3CCC(C)CC3)cc2)c1. The van der Waals surface area contributed by atoms with E-state index in [1.165, 1.54) is 30.9 Å². The Morgan fingerprint density at radius 3 is 2.46 bits per heavy atom. The molecular formula is C29H33N3O3. The highest BCUT2D eigenvalue weighted by Gasteiger charge is 2.19. The van der Waals surface area contributed by atoms with Crippen LogP contribution in [0.15, 0.2) is 77.0 Å². The van der Waals surface area contributed by atoms with E-state index >= 15 is 0 Å². The summed E-state index contributed by atoms with van der Waals surface area (Å²) in [4.78, 5) is 28.4. The summed E-state index contributed by atoms with van der Waals surface area (Å²) in [5.41, 5.74) is 3.78. The number of amides is 2. The minimum Gasteiger partial charge on any atom is -0.465 e. The largest absolute Gasteiger partial charge is 0.465 e. The molecule has 2 N–H and O–H groups in total. The Kier molecular flexibility index (Phi) is 7.70. The summed E-state index contributed by atoms with van der Waals surface area (Å²) in [5, 5.41) is 5.76. The molecule has 0 radical (unpaired) electrons. The van der Waals surface area contributed by atoms with E-state index in [2.05, 4.69) is 46.7 Å². The van der Waals surface area contributed by atoms with E-state index in [1.807, 2.05) is 26.0 Å². The Morgan fingerprint density at radius 1 is 1.06 bits per heavy atom. The van der Waals surface area contributed by atoms with Gasteiger partial charge in [0.2, 0.25) is 0 Å². The van der Waals surface area contributed by atoms with Crippen LogP contribution in [-0.2, 0) is 4.79 Å². The number of rotatable bonds is 7. The predicted molar refractivity (Wildman–Crippen MR) is 139 cm³/mol. The molecule has 0 spiro atoms. The van der Waals surface area contributed by atoms with Crippen molar-refractivity contribution < 1.29 is 14.0 Å². The Bertz CT molecular complexity index is 1170. The van der Waals surface area contributed by atoms with Gasteiger partial charge in [-0.1, -0.05) is 36.8 Å². The van der Waals surface area contributed by atoms with Crippen LogP contribution in [0.3, 0.4) is 0 Å². The number of furan rings is 1. The van der Waals surface area contributed by atoms with E-state index in [1.54, 1.807) is 24.3 Å². The van der Waals surface area contributed by atoms with Gasteiger partial charge in [-0.3, -0.25) is 9.59 Å². The van der Waals surface area contributed by atoms with Crippen molar-refractivity contribution in [1.82, 2.24) is 10.6 Å². The smallest absolute Gasteiger partial charge is 0.268 e. The van der Waals surface area contributed by atoms with E-state index in [0.29, 0.717) is 11.3 Å². The molecule has 1 aliphatic rings. The van der Waals surface area contributed by atoms with Crippen LogP contribution in [0.5, 0.6) is 0 Å². The Morgan fingerprint density at radius 2 is 1.80 bits per heavy atom. The number of nitrogens with zero attached hydrogens (tertiary/aromatic N) is 1. The highest BCUT2D eigenvalue weighted by Crippen LogP contribution is 2.24. The first-order valence-corrected chi connectivity index (χ1v) is 12.2. The fraction of sp³-hybridized carbons (Fsp3) is 0.310. The van der Waals surface area contributed by atoms with E-state index in [4.69, 9.17) is 4.42 Å². The highest BCUT2D eigenvalue weighted by atomic mass is 16.3. The van der Waals surface area contributed by atoms with E-state index in [-0.39, 0.29) is 23.6 Å². The van der Waals surface area contributed by atoms with E-state index in [0.717, 1.165) is 30.1 Å². The molecule has 1 atom stereocenters. The summed E-state index contributed by atoms with van der Waals surface area (Å²) >= 11 is 0. The molecule has 6 heteroatoms. The summed E-state index contributed by atoms with van der Waals surface area (Å²) in [6, 6.07) is 18.8. The van der Waals surface area contributed by atoms with Crippen LogP contribution in [0.4, 0.5) is 5.69 Å². The predicted octanol–water partition coefficient (Wildman–Crippen LogP) is 5.47. The second-order valence-electron chi connectivity index (χ2n) is 9.35. The van der Waals surface area contributed by atoms with Gasteiger partial charge < -0.3 is 20.0 Å². The Hall–Kier alpha value is -3.80. The lowest BCUT2D eigenvalue weighted by Gasteiger charge is -2.32. The molecule has 3 aromatic rings. The standard InChI is InChI=1S/C29H33N3O3/c1-20-13-15-32(16-14-20)25-11-9-23(10-12-25)22(3)30-29(34)27(19-26-8-5-17-35-26)31-28(33)24-7-4-6-21(2)18-24/h4-12,17-20,22H,13-16H2,1-3H3,(H,30,34)(H,31,33)/b27-19-/t22-/m1/s1. The Balaban J connectivity index is 1.45. The number of carbonyl (C=O) groups excluding carboxylic acids is 2. The molecule has 35 heavy (non-hydrogen) atoms. The van der Waals surface area contributed by atoms with Crippen LogP contribution in [0.2, 0.25) is 0 Å². The van der Waals surface area contributed by atoms with Gasteiger partial charge in [-0.05, 0) is 74.6 Å². The lowest BCUT2D eigenvalue weighted by molar-refractivity contribution is -0.118. The van der Waals surface area contributed by atoms with Crippen LogP contribution in [0.1, 0.15) is 60.0 Å². The summed E-state index contributed by atoms with van der Waals surface area (Å²) in [6.07, 6.45) is 5.49. The molecule has 0 bridgehead atoms.